The van der Waals surface area contributed by atoms with E-state index >= 15 is 0 Å². The summed E-state index contributed by atoms with van der Waals surface area (Å²) in [6.07, 6.45) is 1.55. The number of esters is 2. The van der Waals surface area contributed by atoms with Crippen molar-refractivity contribution in [1.29, 1.82) is 0 Å². The molecule has 0 aliphatic rings. The number of nitrogens with zero attached hydrogens (tertiary/aromatic N) is 1. The van der Waals surface area contributed by atoms with Crippen molar-refractivity contribution in [2.24, 2.45) is 0 Å². The van der Waals surface area contributed by atoms with Crippen molar-refractivity contribution in [3.05, 3.63) is 89.5 Å². The van der Waals surface area contributed by atoms with Crippen LogP contribution in [0, 0.1) is 0 Å². The van der Waals surface area contributed by atoms with E-state index < -0.39 is 47.0 Å². The average molecular weight is 563 g/mol. The highest BCUT2D eigenvalue weighted by atomic mass is 16.6. The lowest BCUT2D eigenvalue weighted by Gasteiger charge is -2.25. The van der Waals surface area contributed by atoms with Crippen LogP contribution in [0.15, 0.2) is 67.0 Å². The molecule has 3 rings (SSSR count). The number of carbonyl (C=O) groups is 4. The standard InChI is InChI=1S/C31H38N4O6/c1-30(2,3)40-28(38)22(17-20-13-9-7-10-14-20)34-26(36)24-25(33-19-32-24)27(37)35-23(29(39)41-31(4,5)6)18-21-15-11-8-12-16-21/h7-16,19,22-23H,17-18H2,1-6H3,(H,32,33)(H,34,36)(H,35,37)/t22-,23-/m0/s1. The molecule has 0 spiro atoms. The highest BCUT2D eigenvalue weighted by Crippen LogP contribution is 2.15. The summed E-state index contributed by atoms with van der Waals surface area (Å²) in [5.41, 5.74) is -0.315. The lowest BCUT2D eigenvalue weighted by molar-refractivity contribution is -0.158. The summed E-state index contributed by atoms with van der Waals surface area (Å²) in [6.45, 7) is 10.4. The molecule has 0 saturated heterocycles. The van der Waals surface area contributed by atoms with Gasteiger partial charge in [-0.25, -0.2) is 14.6 Å². The van der Waals surface area contributed by atoms with Crippen LogP contribution in [0.1, 0.15) is 73.6 Å². The van der Waals surface area contributed by atoms with Gasteiger partial charge in [0.2, 0.25) is 0 Å². The largest absolute Gasteiger partial charge is 0.458 e. The molecule has 2 aromatic carbocycles. The molecule has 2 atom stereocenters. The minimum atomic E-state index is -1.04. The van der Waals surface area contributed by atoms with Gasteiger partial charge in [0.15, 0.2) is 5.69 Å². The predicted octanol–water partition coefficient (Wildman–Crippen LogP) is 3.78. The third-order valence-corrected chi connectivity index (χ3v) is 5.64. The molecule has 0 fully saturated rings. The van der Waals surface area contributed by atoms with Gasteiger partial charge in [-0.3, -0.25) is 9.59 Å². The summed E-state index contributed by atoms with van der Waals surface area (Å²) >= 11 is 0. The first-order valence-electron chi connectivity index (χ1n) is 13.4. The number of hydrogen-bond acceptors (Lipinski definition) is 7. The SMILES string of the molecule is CC(C)(C)OC(=O)[C@H](Cc1ccccc1)NC(=O)c1nc[nH]c1C(=O)N[C@@H](Cc1ccccc1)C(=O)OC(C)(C)C. The van der Waals surface area contributed by atoms with Gasteiger partial charge in [0.25, 0.3) is 11.8 Å². The molecular formula is C31H38N4O6. The Morgan fingerprint density at radius 3 is 1.54 bits per heavy atom. The van der Waals surface area contributed by atoms with Crippen molar-refractivity contribution < 1.29 is 28.7 Å². The maximum atomic E-state index is 13.3. The Balaban J connectivity index is 1.81. The fourth-order valence-corrected chi connectivity index (χ4v) is 3.93. The quantitative estimate of drug-likeness (QED) is 0.320. The normalized spacial score (nSPS) is 13.0. The third kappa shape index (κ3) is 9.90. The van der Waals surface area contributed by atoms with Crippen LogP contribution < -0.4 is 10.6 Å². The Labute approximate surface area is 240 Å². The number of aromatic amines is 1. The first-order chi connectivity index (χ1) is 19.2. The summed E-state index contributed by atoms with van der Waals surface area (Å²) in [5, 5.41) is 5.34. The Hall–Kier alpha value is -4.47. The van der Waals surface area contributed by atoms with Gasteiger partial charge in [0.05, 0.1) is 6.33 Å². The van der Waals surface area contributed by atoms with Crippen molar-refractivity contribution in [3.63, 3.8) is 0 Å². The molecule has 218 valence electrons. The highest BCUT2D eigenvalue weighted by molar-refractivity contribution is 6.06. The van der Waals surface area contributed by atoms with Gasteiger partial charge < -0.3 is 25.1 Å². The number of H-pyrrole nitrogens is 1. The maximum absolute atomic E-state index is 13.3. The van der Waals surface area contributed by atoms with Crippen LogP contribution in [-0.2, 0) is 31.9 Å². The molecule has 0 aliphatic heterocycles. The van der Waals surface area contributed by atoms with E-state index in [1.165, 1.54) is 6.33 Å². The molecular weight excluding hydrogens is 524 g/mol. The van der Waals surface area contributed by atoms with Gasteiger partial charge in [-0.15, -0.1) is 0 Å². The molecule has 2 amide bonds. The Kier molecular flexibility index (Phi) is 10.0. The fraction of sp³-hybridized carbons (Fsp3) is 0.387. The number of ether oxygens (including phenoxy) is 2. The van der Waals surface area contributed by atoms with E-state index in [1.54, 1.807) is 41.5 Å². The van der Waals surface area contributed by atoms with Crippen LogP contribution in [0.25, 0.3) is 0 Å². The van der Waals surface area contributed by atoms with Crippen LogP contribution in [0.3, 0.4) is 0 Å². The summed E-state index contributed by atoms with van der Waals surface area (Å²) in [6, 6.07) is 16.3. The van der Waals surface area contributed by atoms with Crippen molar-refractivity contribution >= 4 is 23.8 Å². The van der Waals surface area contributed by atoms with Gasteiger partial charge in [0.1, 0.15) is 29.0 Å². The van der Waals surface area contributed by atoms with Gasteiger partial charge >= 0.3 is 11.9 Å². The molecule has 3 aromatic rings. The second-order valence-corrected chi connectivity index (χ2v) is 11.6. The molecule has 1 heterocycles. The first-order valence-corrected chi connectivity index (χ1v) is 13.4. The van der Waals surface area contributed by atoms with Gasteiger partial charge in [-0.1, -0.05) is 60.7 Å². The van der Waals surface area contributed by atoms with Crippen LogP contribution in [0.4, 0.5) is 0 Å². The molecule has 0 aliphatic carbocycles. The van der Waals surface area contributed by atoms with Crippen LogP contribution >= 0.6 is 0 Å². The number of carbonyl (C=O) groups excluding carboxylic acids is 4. The van der Waals surface area contributed by atoms with Crippen molar-refractivity contribution in [1.82, 2.24) is 20.6 Å². The lowest BCUT2D eigenvalue weighted by Crippen LogP contribution is -2.47. The van der Waals surface area contributed by atoms with Crippen molar-refractivity contribution in [3.8, 4) is 0 Å². The number of hydrogen-bond donors (Lipinski definition) is 3. The van der Waals surface area contributed by atoms with Crippen molar-refractivity contribution in [2.75, 3.05) is 0 Å². The molecule has 41 heavy (non-hydrogen) atoms. The zero-order valence-electron chi connectivity index (χ0n) is 24.3. The number of aromatic nitrogens is 2. The van der Waals surface area contributed by atoms with E-state index in [2.05, 4.69) is 20.6 Å². The molecule has 10 nitrogen and oxygen atoms in total. The van der Waals surface area contributed by atoms with Crippen LogP contribution in [0.2, 0.25) is 0 Å². The molecule has 0 unspecified atom stereocenters. The van der Waals surface area contributed by atoms with E-state index in [0.29, 0.717) is 0 Å². The maximum Gasteiger partial charge on any atom is 0.329 e. The number of imidazole rings is 1. The Morgan fingerprint density at radius 1 is 0.707 bits per heavy atom. The van der Waals surface area contributed by atoms with E-state index in [4.69, 9.17) is 9.47 Å². The number of nitrogens with one attached hydrogen (secondary N) is 3. The van der Waals surface area contributed by atoms with E-state index in [-0.39, 0.29) is 24.2 Å². The highest BCUT2D eigenvalue weighted by Gasteiger charge is 2.32. The number of rotatable bonds is 10. The molecule has 0 radical (unpaired) electrons. The van der Waals surface area contributed by atoms with Gasteiger partial charge in [-0.2, -0.15) is 0 Å². The summed E-state index contributed by atoms with van der Waals surface area (Å²) in [4.78, 5) is 59.4. The topological polar surface area (TPSA) is 139 Å². The van der Waals surface area contributed by atoms with E-state index in [9.17, 15) is 19.2 Å². The van der Waals surface area contributed by atoms with Crippen molar-refractivity contribution in [2.45, 2.75) is 77.7 Å². The third-order valence-electron chi connectivity index (χ3n) is 5.64. The monoisotopic (exact) mass is 562 g/mol. The lowest BCUT2D eigenvalue weighted by atomic mass is 10.0. The summed E-state index contributed by atoms with van der Waals surface area (Å²) in [5.74, 6) is -2.71. The second-order valence-electron chi connectivity index (χ2n) is 11.6. The summed E-state index contributed by atoms with van der Waals surface area (Å²) in [7, 11) is 0. The van der Waals surface area contributed by atoms with E-state index in [0.717, 1.165) is 11.1 Å². The van der Waals surface area contributed by atoms with Crippen LogP contribution in [-0.4, -0.2) is 57.0 Å². The zero-order chi connectivity index (χ0) is 30.2. The summed E-state index contributed by atoms with van der Waals surface area (Å²) < 4.78 is 11.1. The molecule has 1 aromatic heterocycles. The van der Waals surface area contributed by atoms with E-state index in [1.807, 2.05) is 60.7 Å². The van der Waals surface area contributed by atoms with Gasteiger partial charge in [0, 0.05) is 12.8 Å². The predicted molar refractivity (Wildman–Crippen MR) is 153 cm³/mol. The molecule has 0 bridgehead atoms. The zero-order valence-corrected chi connectivity index (χ0v) is 24.3. The first kappa shape index (κ1) is 31.1. The Bertz CT molecular complexity index is 1240. The smallest absolute Gasteiger partial charge is 0.329 e. The van der Waals surface area contributed by atoms with Crippen LogP contribution in [0.5, 0.6) is 0 Å². The number of benzene rings is 2. The number of amides is 2. The molecule has 0 saturated carbocycles. The average Bonchev–Trinajstić information content (AvgIpc) is 3.37. The minimum absolute atomic E-state index is 0.160. The Morgan fingerprint density at radius 2 is 1.12 bits per heavy atom. The molecule has 10 heteroatoms. The minimum Gasteiger partial charge on any atom is -0.458 e. The second kappa shape index (κ2) is 13.3. The fourth-order valence-electron chi connectivity index (χ4n) is 3.93. The molecule has 3 N–H and O–H groups in total. The van der Waals surface area contributed by atoms with Gasteiger partial charge in [-0.05, 0) is 52.7 Å².